The molecule has 3 fully saturated rings. The van der Waals surface area contributed by atoms with Crippen molar-refractivity contribution in [3.63, 3.8) is 0 Å². The lowest BCUT2D eigenvalue weighted by atomic mass is 9.94. The van der Waals surface area contributed by atoms with Crippen molar-refractivity contribution >= 4 is 5.97 Å². The van der Waals surface area contributed by atoms with Crippen LogP contribution in [-0.2, 0) is 4.79 Å². The quantitative estimate of drug-likeness (QED) is 0.635. The fourth-order valence-electron chi connectivity index (χ4n) is 4.98. The van der Waals surface area contributed by atoms with Crippen LogP contribution in [0.5, 0.6) is 0 Å². The maximum atomic E-state index is 11.0. The molecule has 26 heavy (non-hydrogen) atoms. The van der Waals surface area contributed by atoms with E-state index in [1.807, 2.05) is 0 Å². The highest BCUT2D eigenvalue weighted by atomic mass is 16.4. The Morgan fingerprint density at radius 2 is 1.77 bits per heavy atom. The molecule has 2 saturated heterocycles. The molecule has 0 aromatic heterocycles. The van der Waals surface area contributed by atoms with E-state index >= 15 is 0 Å². The highest BCUT2D eigenvalue weighted by Gasteiger charge is 2.26. The van der Waals surface area contributed by atoms with E-state index in [1.54, 1.807) is 0 Å². The largest absolute Gasteiger partial charge is 0.480 e. The molecular formula is C20H38N4O2. The van der Waals surface area contributed by atoms with Crippen molar-refractivity contribution < 1.29 is 9.90 Å². The zero-order chi connectivity index (χ0) is 18.2. The number of rotatable bonds is 8. The third-order valence-electron chi connectivity index (χ3n) is 6.57. The first-order valence-corrected chi connectivity index (χ1v) is 10.9. The van der Waals surface area contributed by atoms with Crippen LogP contribution in [0.3, 0.4) is 0 Å². The molecule has 3 aliphatic rings. The van der Waals surface area contributed by atoms with E-state index in [-0.39, 0.29) is 6.54 Å². The molecule has 6 heteroatoms. The monoisotopic (exact) mass is 366 g/mol. The summed E-state index contributed by atoms with van der Waals surface area (Å²) in [6.45, 7) is 9.07. The zero-order valence-corrected chi connectivity index (χ0v) is 16.4. The molecule has 3 rings (SSSR count). The lowest BCUT2D eigenvalue weighted by Gasteiger charge is -2.41. The van der Waals surface area contributed by atoms with Gasteiger partial charge in [0.2, 0.25) is 0 Å². The van der Waals surface area contributed by atoms with Crippen molar-refractivity contribution in [3.8, 4) is 0 Å². The molecule has 1 saturated carbocycles. The first-order chi connectivity index (χ1) is 12.7. The van der Waals surface area contributed by atoms with Crippen molar-refractivity contribution in [2.24, 2.45) is 0 Å². The summed E-state index contributed by atoms with van der Waals surface area (Å²) in [6, 6.07) is 1.26. The standard InChI is InChI=1S/C20H38N4O2/c25-20(26)17-24-11-9-21-16-19(24)8-4-5-10-22-12-14-23(15-13-22)18-6-2-1-3-7-18/h18-19,21H,1-17H2,(H,25,26). The van der Waals surface area contributed by atoms with E-state index in [9.17, 15) is 4.79 Å². The number of aliphatic carboxylic acids is 1. The lowest BCUT2D eigenvalue weighted by Crippen LogP contribution is -2.52. The van der Waals surface area contributed by atoms with E-state index in [2.05, 4.69) is 20.0 Å². The van der Waals surface area contributed by atoms with Crippen LogP contribution < -0.4 is 5.32 Å². The molecule has 1 aliphatic carbocycles. The molecule has 2 aliphatic heterocycles. The zero-order valence-electron chi connectivity index (χ0n) is 16.4. The summed E-state index contributed by atoms with van der Waals surface area (Å²) in [5.74, 6) is -0.701. The number of piperazine rings is 2. The van der Waals surface area contributed by atoms with Gasteiger partial charge in [0.15, 0.2) is 0 Å². The topological polar surface area (TPSA) is 59.1 Å². The maximum absolute atomic E-state index is 11.0. The molecule has 1 unspecified atom stereocenters. The number of carboxylic acid groups (broad SMARTS) is 1. The van der Waals surface area contributed by atoms with E-state index in [1.165, 1.54) is 77.7 Å². The van der Waals surface area contributed by atoms with E-state index < -0.39 is 5.97 Å². The van der Waals surface area contributed by atoms with Gasteiger partial charge in [0.25, 0.3) is 0 Å². The summed E-state index contributed by atoms with van der Waals surface area (Å²) in [5, 5.41) is 12.5. The number of hydrogen-bond donors (Lipinski definition) is 2. The van der Waals surface area contributed by atoms with E-state index in [0.717, 1.165) is 32.1 Å². The lowest BCUT2D eigenvalue weighted by molar-refractivity contribution is -0.139. The summed E-state index contributed by atoms with van der Waals surface area (Å²) >= 11 is 0. The van der Waals surface area contributed by atoms with Crippen LogP contribution in [0.1, 0.15) is 51.4 Å². The minimum atomic E-state index is -0.701. The molecule has 2 N–H and O–H groups in total. The Morgan fingerprint density at radius 3 is 2.50 bits per heavy atom. The van der Waals surface area contributed by atoms with Crippen molar-refractivity contribution in [3.05, 3.63) is 0 Å². The molecule has 0 radical (unpaired) electrons. The molecule has 0 aromatic carbocycles. The minimum Gasteiger partial charge on any atom is -0.480 e. The molecule has 2 heterocycles. The van der Waals surface area contributed by atoms with Crippen molar-refractivity contribution in [2.45, 2.75) is 63.5 Å². The van der Waals surface area contributed by atoms with Gasteiger partial charge in [0.05, 0.1) is 6.54 Å². The van der Waals surface area contributed by atoms with E-state index in [0.29, 0.717) is 6.04 Å². The van der Waals surface area contributed by atoms with Gasteiger partial charge in [-0.25, -0.2) is 0 Å². The Kier molecular flexibility index (Phi) is 8.17. The molecule has 150 valence electrons. The third-order valence-corrected chi connectivity index (χ3v) is 6.57. The van der Waals surface area contributed by atoms with Gasteiger partial charge >= 0.3 is 5.97 Å². The highest BCUT2D eigenvalue weighted by Crippen LogP contribution is 2.23. The van der Waals surface area contributed by atoms with Crippen molar-refractivity contribution in [2.75, 3.05) is 58.9 Å². The summed E-state index contributed by atoms with van der Waals surface area (Å²) < 4.78 is 0. The molecule has 0 amide bonds. The Balaban J connectivity index is 1.28. The van der Waals surface area contributed by atoms with E-state index in [4.69, 9.17) is 5.11 Å². The fourth-order valence-corrected chi connectivity index (χ4v) is 4.98. The second-order valence-corrected chi connectivity index (χ2v) is 8.39. The Bertz CT molecular complexity index is 420. The van der Waals surface area contributed by atoms with Gasteiger partial charge < -0.3 is 15.3 Å². The molecule has 0 bridgehead atoms. The predicted molar refractivity (Wildman–Crippen MR) is 105 cm³/mol. The summed E-state index contributed by atoms with van der Waals surface area (Å²) in [5.41, 5.74) is 0. The highest BCUT2D eigenvalue weighted by molar-refractivity contribution is 5.69. The summed E-state index contributed by atoms with van der Waals surface area (Å²) in [7, 11) is 0. The van der Waals surface area contributed by atoms with Crippen LogP contribution in [-0.4, -0.2) is 96.8 Å². The van der Waals surface area contributed by atoms with Gasteiger partial charge in [-0.1, -0.05) is 25.7 Å². The Labute approximate surface area is 158 Å². The Hall–Kier alpha value is -0.690. The van der Waals surface area contributed by atoms with Crippen LogP contribution in [0, 0.1) is 0 Å². The van der Waals surface area contributed by atoms with Crippen molar-refractivity contribution in [1.82, 2.24) is 20.0 Å². The third kappa shape index (κ3) is 6.19. The van der Waals surface area contributed by atoms with Crippen LogP contribution in [0.15, 0.2) is 0 Å². The van der Waals surface area contributed by atoms with Gasteiger partial charge in [0.1, 0.15) is 0 Å². The van der Waals surface area contributed by atoms with Crippen LogP contribution in [0.25, 0.3) is 0 Å². The summed E-state index contributed by atoms with van der Waals surface area (Å²) in [6.07, 6.45) is 10.7. The number of nitrogens with one attached hydrogen (secondary N) is 1. The Morgan fingerprint density at radius 1 is 1.00 bits per heavy atom. The summed E-state index contributed by atoms with van der Waals surface area (Å²) in [4.78, 5) is 18.5. The fraction of sp³-hybridized carbons (Fsp3) is 0.950. The van der Waals surface area contributed by atoms with Crippen LogP contribution in [0.4, 0.5) is 0 Å². The average molecular weight is 367 g/mol. The van der Waals surface area contributed by atoms with Gasteiger partial charge in [-0.3, -0.25) is 14.6 Å². The van der Waals surface area contributed by atoms with Gasteiger partial charge in [-0.15, -0.1) is 0 Å². The number of hydrogen-bond acceptors (Lipinski definition) is 5. The maximum Gasteiger partial charge on any atom is 0.317 e. The van der Waals surface area contributed by atoms with Crippen LogP contribution >= 0.6 is 0 Å². The molecule has 6 nitrogen and oxygen atoms in total. The number of unbranched alkanes of at least 4 members (excludes halogenated alkanes) is 1. The molecule has 0 spiro atoms. The number of carboxylic acids is 1. The number of carbonyl (C=O) groups is 1. The predicted octanol–water partition coefficient (Wildman–Crippen LogP) is 1.47. The smallest absolute Gasteiger partial charge is 0.317 e. The second kappa shape index (κ2) is 10.6. The van der Waals surface area contributed by atoms with Crippen molar-refractivity contribution in [1.29, 1.82) is 0 Å². The first-order valence-electron chi connectivity index (χ1n) is 10.9. The number of nitrogens with zero attached hydrogens (tertiary/aromatic N) is 3. The average Bonchev–Trinajstić information content (AvgIpc) is 2.67. The minimum absolute atomic E-state index is 0.190. The van der Waals surface area contributed by atoms with Gasteiger partial charge in [0, 0.05) is 57.9 Å². The second-order valence-electron chi connectivity index (χ2n) is 8.39. The molecule has 0 aromatic rings. The SMILES string of the molecule is O=C(O)CN1CCNCC1CCCCN1CCN(C2CCCCC2)CC1. The molecule has 1 atom stereocenters. The first kappa shape index (κ1) is 20.1. The van der Waals surface area contributed by atoms with Gasteiger partial charge in [-0.2, -0.15) is 0 Å². The van der Waals surface area contributed by atoms with Gasteiger partial charge in [-0.05, 0) is 32.2 Å². The van der Waals surface area contributed by atoms with Crippen LogP contribution in [0.2, 0.25) is 0 Å². The normalized spacial score (nSPS) is 27.6. The molecular weight excluding hydrogens is 328 g/mol.